The van der Waals surface area contributed by atoms with Crippen molar-refractivity contribution in [2.75, 3.05) is 12.4 Å². The van der Waals surface area contributed by atoms with Gasteiger partial charge in [0, 0.05) is 0 Å². The minimum Gasteiger partial charge on any atom is -0.490 e. The van der Waals surface area contributed by atoms with Crippen LogP contribution < -0.4 is 15.6 Å². The van der Waals surface area contributed by atoms with Crippen LogP contribution >= 0.6 is 11.6 Å². The third-order valence-corrected chi connectivity index (χ3v) is 4.46. The first-order valence-corrected chi connectivity index (χ1v) is 8.38. The number of nitrogens with one attached hydrogen (secondary N) is 1. The van der Waals surface area contributed by atoms with E-state index in [0.29, 0.717) is 16.3 Å². The van der Waals surface area contributed by atoms with Gasteiger partial charge in [0.2, 0.25) is 11.7 Å². The molecule has 3 aromatic rings. The van der Waals surface area contributed by atoms with Gasteiger partial charge in [-0.2, -0.15) is 4.98 Å². The van der Waals surface area contributed by atoms with E-state index in [2.05, 4.69) is 10.3 Å². The molecule has 1 aromatic heterocycles. The van der Waals surface area contributed by atoms with E-state index >= 15 is 0 Å². The predicted octanol–water partition coefficient (Wildman–Crippen LogP) is 4.28. The van der Waals surface area contributed by atoms with Crippen molar-refractivity contribution in [1.29, 1.82) is 0 Å². The van der Waals surface area contributed by atoms with Gasteiger partial charge in [0.15, 0.2) is 11.6 Å². The van der Waals surface area contributed by atoms with Gasteiger partial charge in [0.25, 0.3) is 0 Å². The van der Waals surface area contributed by atoms with Gasteiger partial charge in [-0.05, 0) is 36.2 Å². The van der Waals surface area contributed by atoms with Gasteiger partial charge in [-0.1, -0.05) is 29.8 Å². The van der Waals surface area contributed by atoms with Crippen LogP contribution in [0, 0.1) is 18.6 Å². The summed E-state index contributed by atoms with van der Waals surface area (Å²) in [6.07, 6.45) is 1.45. The average molecular weight is 392 g/mol. The topological polar surface area (TPSA) is 56.1 Å². The molecule has 0 saturated heterocycles. The Kier molecular flexibility index (Phi) is 5.41. The van der Waals surface area contributed by atoms with Crippen molar-refractivity contribution in [2.45, 2.75) is 13.5 Å². The standard InChI is InChI=1S/C19H16ClF2N3O2/c1-11-4-3-5-15(17(11)20)23-19-24-18(26)16(27-2)10-25(19)9-12-6-7-13(21)14(22)8-12/h3-8,10H,9H2,1-2H3,(H,23,24,26). The quantitative estimate of drug-likeness (QED) is 0.705. The summed E-state index contributed by atoms with van der Waals surface area (Å²) in [4.78, 5) is 16.1. The molecule has 0 aliphatic carbocycles. The number of anilines is 2. The van der Waals surface area contributed by atoms with E-state index in [1.165, 1.54) is 19.4 Å². The van der Waals surface area contributed by atoms with Crippen LogP contribution in [0.3, 0.4) is 0 Å². The first-order chi connectivity index (χ1) is 12.9. The minimum atomic E-state index is -0.954. The highest BCUT2D eigenvalue weighted by molar-refractivity contribution is 6.34. The lowest BCUT2D eigenvalue weighted by atomic mass is 10.2. The number of methoxy groups -OCH3 is 1. The van der Waals surface area contributed by atoms with Crippen LogP contribution in [0.2, 0.25) is 5.02 Å². The molecule has 1 N–H and O–H groups in total. The van der Waals surface area contributed by atoms with Gasteiger partial charge in [-0.15, -0.1) is 0 Å². The van der Waals surface area contributed by atoms with Crippen molar-refractivity contribution in [2.24, 2.45) is 0 Å². The molecule has 2 aromatic carbocycles. The smallest absolute Gasteiger partial charge is 0.316 e. The van der Waals surface area contributed by atoms with Gasteiger partial charge in [-0.25, -0.2) is 8.78 Å². The van der Waals surface area contributed by atoms with Crippen molar-refractivity contribution in [3.8, 4) is 5.75 Å². The van der Waals surface area contributed by atoms with Gasteiger partial charge in [-0.3, -0.25) is 4.79 Å². The number of hydrogen-bond acceptors (Lipinski definition) is 4. The Morgan fingerprint density at radius 2 is 2.00 bits per heavy atom. The second-order valence-corrected chi connectivity index (χ2v) is 6.25. The Morgan fingerprint density at radius 3 is 2.70 bits per heavy atom. The second-order valence-electron chi connectivity index (χ2n) is 5.88. The number of benzene rings is 2. The maximum absolute atomic E-state index is 13.5. The Balaban J connectivity index is 2.04. The molecular weight excluding hydrogens is 376 g/mol. The monoisotopic (exact) mass is 391 g/mol. The third kappa shape index (κ3) is 4.09. The number of ether oxygens (including phenoxy) is 1. The van der Waals surface area contributed by atoms with Crippen molar-refractivity contribution in [1.82, 2.24) is 9.55 Å². The van der Waals surface area contributed by atoms with E-state index in [4.69, 9.17) is 16.3 Å². The van der Waals surface area contributed by atoms with E-state index in [9.17, 15) is 13.6 Å². The molecule has 0 atom stereocenters. The lowest BCUT2D eigenvalue weighted by Gasteiger charge is -2.16. The van der Waals surface area contributed by atoms with E-state index in [-0.39, 0.29) is 18.2 Å². The molecule has 140 valence electrons. The number of hydrogen-bond donors (Lipinski definition) is 1. The largest absolute Gasteiger partial charge is 0.490 e. The summed E-state index contributed by atoms with van der Waals surface area (Å²) in [5.41, 5.74) is 1.34. The zero-order valence-electron chi connectivity index (χ0n) is 14.6. The fraction of sp³-hybridized carbons (Fsp3) is 0.158. The summed E-state index contributed by atoms with van der Waals surface area (Å²) in [5.74, 6) is -1.67. The van der Waals surface area contributed by atoms with E-state index in [1.807, 2.05) is 19.1 Å². The molecule has 8 heteroatoms. The van der Waals surface area contributed by atoms with Crippen LogP contribution in [0.25, 0.3) is 0 Å². The van der Waals surface area contributed by atoms with Crippen LogP contribution in [-0.2, 0) is 6.54 Å². The summed E-state index contributed by atoms with van der Waals surface area (Å²) < 4.78 is 33.3. The van der Waals surface area contributed by atoms with Crippen LogP contribution in [-0.4, -0.2) is 16.7 Å². The highest BCUT2D eigenvalue weighted by Crippen LogP contribution is 2.28. The molecule has 3 rings (SSSR count). The third-order valence-electron chi connectivity index (χ3n) is 3.96. The first kappa shape index (κ1) is 18.8. The first-order valence-electron chi connectivity index (χ1n) is 8.00. The van der Waals surface area contributed by atoms with Gasteiger partial charge in [0.05, 0.1) is 30.6 Å². The van der Waals surface area contributed by atoms with Crippen molar-refractivity contribution < 1.29 is 13.5 Å². The normalized spacial score (nSPS) is 10.7. The Hall–Kier alpha value is -2.93. The highest BCUT2D eigenvalue weighted by atomic mass is 35.5. The SMILES string of the molecule is COc1cn(Cc2ccc(F)c(F)c2)c(Nc2cccc(C)c2Cl)nc1=O. The van der Waals surface area contributed by atoms with Crippen LogP contribution in [0.15, 0.2) is 47.4 Å². The molecule has 0 aliphatic rings. The Bertz CT molecular complexity index is 1050. The number of aryl methyl sites for hydroxylation is 1. The van der Waals surface area contributed by atoms with Gasteiger partial charge in [0.1, 0.15) is 0 Å². The fourth-order valence-electron chi connectivity index (χ4n) is 2.53. The van der Waals surface area contributed by atoms with Crippen LogP contribution in [0.5, 0.6) is 5.75 Å². The van der Waals surface area contributed by atoms with Crippen molar-refractivity contribution in [3.05, 3.63) is 80.7 Å². The summed E-state index contributed by atoms with van der Waals surface area (Å²) >= 11 is 6.30. The molecule has 0 aliphatic heterocycles. The summed E-state index contributed by atoms with van der Waals surface area (Å²) in [5, 5.41) is 3.50. The maximum atomic E-state index is 13.5. The molecule has 0 bridgehead atoms. The lowest BCUT2D eigenvalue weighted by molar-refractivity contribution is 0.402. The lowest BCUT2D eigenvalue weighted by Crippen LogP contribution is -2.19. The van der Waals surface area contributed by atoms with Crippen molar-refractivity contribution >= 4 is 23.2 Å². The molecule has 5 nitrogen and oxygen atoms in total. The second kappa shape index (κ2) is 7.75. The van der Waals surface area contributed by atoms with Crippen LogP contribution in [0.4, 0.5) is 20.4 Å². The molecule has 1 heterocycles. The molecule has 0 spiro atoms. The van der Waals surface area contributed by atoms with Gasteiger partial charge >= 0.3 is 5.56 Å². The van der Waals surface area contributed by atoms with E-state index < -0.39 is 17.2 Å². The summed E-state index contributed by atoms with van der Waals surface area (Å²) in [6, 6.07) is 8.99. The zero-order valence-corrected chi connectivity index (χ0v) is 15.3. The Labute approximate surface area is 159 Å². The molecule has 0 saturated carbocycles. The zero-order chi connectivity index (χ0) is 19.6. The molecule has 0 unspecified atom stereocenters. The molecular formula is C19H16ClF2N3O2. The maximum Gasteiger partial charge on any atom is 0.316 e. The average Bonchev–Trinajstić information content (AvgIpc) is 2.64. The molecule has 0 radical (unpaired) electrons. The number of nitrogens with zero attached hydrogens (tertiary/aromatic N) is 2. The molecule has 27 heavy (non-hydrogen) atoms. The number of halogens is 3. The highest BCUT2D eigenvalue weighted by Gasteiger charge is 2.13. The minimum absolute atomic E-state index is 0.0264. The summed E-state index contributed by atoms with van der Waals surface area (Å²) in [7, 11) is 1.35. The van der Waals surface area contributed by atoms with E-state index in [1.54, 1.807) is 10.6 Å². The molecule has 0 amide bonds. The van der Waals surface area contributed by atoms with E-state index in [0.717, 1.165) is 17.7 Å². The Morgan fingerprint density at radius 1 is 1.22 bits per heavy atom. The van der Waals surface area contributed by atoms with Crippen LogP contribution in [0.1, 0.15) is 11.1 Å². The van der Waals surface area contributed by atoms with Crippen molar-refractivity contribution in [3.63, 3.8) is 0 Å². The summed E-state index contributed by atoms with van der Waals surface area (Å²) in [6.45, 7) is 1.98. The number of aromatic nitrogens is 2. The predicted molar refractivity (Wildman–Crippen MR) is 100.0 cm³/mol. The molecule has 0 fully saturated rings. The van der Waals surface area contributed by atoms with Gasteiger partial charge < -0.3 is 14.6 Å². The number of rotatable bonds is 5. The fourth-order valence-corrected chi connectivity index (χ4v) is 2.71.